The van der Waals surface area contributed by atoms with E-state index in [1.54, 1.807) is 0 Å². The van der Waals surface area contributed by atoms with Crippen molar-refractivity contribution in [3.8, 4) is 6.07 Å². The zero-order valence-electron chi connectivity index (χ0n) is 11.4. The maximum absolute atomic E-state index is 9.08. The second-order valence-electron chi connectivity index (χ2n) is 4.72. The molecule has 1 aliphatic rings. The second kappa shape index (κ2) is 5.14. The Kier molecular flexibility index (Phi) is 3.18. The van der Waals surface area contributed by atoms with Crippen LogP contribution in [0.4, 0.5) is 22.7 Å². The first-order chi connectivity index (χ1) is 9.81. The number of benzene rings is 2. The Morgan fingerprint density at radius 2 is 2.15 bits per heavy atom. The van der Waals surface area contributed by atoms with Crippen molar-refractivity contribution in [3.05, 3.63) is 48.0 Å². The van der Waals surface area contributed by atoms with Gasteiger partial charge >= 0.3 is 0 Å². The molecule has 0 radical (unpaired) electrons. The van der Waals surface area contributed by atoms with Crippen LogP contribution in [0.5, 0.6) is 0 Å². The van der Waals surface area contributed by atoms with Crippen LogP contribution < -0.4 is 15.5 Å². The number of anilines is 4. The van der Waals surface area contributed by atoms with E-state index in [1.807, 2.05) is 37.4 Å². The molecule has 0 aromatic heterocycles. The monoisotopic (exact) mass is 264 g/mol. The van der Waals surface area contributed by atoms with Crippen molar-refractivity contribution in [3.63, 3.8) is 0 Å². The maximum atomic E-state index is 9.08. The van der Waals surface area contributed by atoms with Gasteiger partial charge in [-0.05, 0) is 36.4 Å². The van der Waals surface area contributed by atoms with E-state index < -0.39 is 0 Å². The van der Waals surface area contributed by atoms with E-state index in [1.165, 1.54) is 0 Å². The topological polar surface area (TPSA) is 51.1 Å². The molecule has 0 unspecified atom stereocenters. The van der Waals surface area contributed by atoms with Gasteiger partial charge in [0, 0.05) is 31.5 Å². The van der Waals surface area contributed by atoms with Gasteiger partial charge in [-0.25, -0.2) is 0 Å². The van der Waals surface area contributed by atoms with Crippen molar-refractivity contribution in [2.45, 2.75) is 0 Å². The number of hydrogen-bond acceptors (Lipinski definition) is 4. The number of nitrogens with zero attached hydrogens (tertiary/aromatic N) is 2. The molecule has 2 N–H and O–H groups in total. The highest BCUT2D eigenvalue weighted by Crippen LogP contribution is 2.36. The largest absolute Gasteiger partial charge is 0.388 e. The minimum absolute atomic E-state index is 0.683. The molecule has 0 aliphatic carbocycles. The maximum Gasteiger partial charge on any atom is 0.0992 e. The lowest BCUT2D eigenvalue weighted by Crippen LogP contribution is -2.30. The fraction of sp³-hybridized carbons (Fsp3) is 0.188. The molecule has 0 saturated heterocycles. The zero-order chi connectivity index (χ0) is 13.9. The van der Waals surface area contributed by atoms with Crippen LogP contribution in [0.25, 0.3) is 0 Å². The molecule has 2 aromatic carbocycles. The predicted molar refractivity (Wildman–Crippen MR) is 82.6 cm³/mol. The lowest BCUT2D eigenvalue weighted by atomic mass is 10.1. The smallest absolute Gasteiger partial charge is 0.0992 e. The van der Waals surface area contributed by atoms with Gasteiger partial charge < -0.3 is 15.5 Å². The minimum Gasteiger partial charge on any atom is -0.388 e. The fourth-order valence-corrected chi connectivity index (χ4v) is 2.49. The average Bonchev–Trinajstić information content (AvgIpc) is 2.53. The molecule has 3 rings (SSSR count). The normalized spacial score (nSPS) is 13.1. The molecule has 0 atom stereocenters. The van der Waals surface area contributed by atoms with Gasteiger partial charge in [0.05, 0.1) is 23.0 Å². The summed E-state index contributed by atoms with van der Waals surface area (Å²) in [6.45, 7) is 1.78. The third-order valence-electron chi connectivity index (χ3n) is 3.51. The predicted octanol–water partition coefficient (Wildman–Crippen LogP) is 3.16. The summed E-state index contributed by atoms with van der Waals surface area (Å²) in [5.74, 6) is 0. The summed E-state index contributed by atoms with van der Waals surface area (Å²) >= 11 is 0. The molecule has 20 heavy (non-hydrogen) atoms. The van der Waals surface area contributed by atoms with Gasteiger partial charge in [-0.3, -0.25) is 0 Å². The lowest BCUT2D eigenvalue weighted by molar-refractivity contribution is 0.926. The summed E-state index contributed by atoms with van der Waals surface area (Å²) < 4.78 is 0. The van der Waals surface area contributed by atoms with Crippen molar-refractivity contribution in [1.82, 2.24) is 0 Å². The Morgan fingerprint density at radius 3 is 2.95 bits per heavy atom. The summed E-state index contributed by atoms with van der Waals surface area (Å²) in [4.78, 5) is 2.24. The van der Waals surface area contributed by atoms with Crippen LogP contribution in [0.2, 0.25) is 0 Å². The Bertz CT molecular complexity index is 672. The number of rotatable bonds is 2. The summed E-state index contributed by atoms with van der Waals surface area (Å²) in [6, 6.07) is 16.3. The van der Waals surface area contributed by atoms with E-state index >= 15 is 0 Å². The lowest BCUT2D eigenvalue weighted by Gasteiger charge is -2.32. The van der Waals surface area contributed by atoms with Crippen molar-refractivity contribution in [2.75, 3.05) is 35.7 Å². The third kappa shape index (κ3) is 2.14. The standard InChI is InChI=1S/C16H16N4/c1-18-13-3-2-4-14(10-13)20-8-7-19-15-6-5-12(11-17)9-16(15)20/h2-6,9-10,18-19H,7-8H2,1H3. The molecule has 0 fully saturated rings. The van der Waals surface area contributed by atoms with E-state index in [0.29, 0.717) is 5.56 Å². The molecule has 2 aromatic rings. The van der Waals surface area contributed by atoms with Gasteiger partial charge in [-0.2, -0.15) is 5.26 Å². The minimum atomic E-state index is 0.683. The van der Waals surface area contributed by atoms with Crippen LogP contribution in [-0.4, -0.2) is 20.1 Å². The van der Waals surface area contributed by atoms with E-state index in [0.717, 1.165) is 35.8 Å². The van der Waals surface area contributed by atoms with Gasteiger partial charge in [0.25, 0.3) is 0 Å². The fourth-order valence-electron chi connectivity index (χ4n) is 2.49. The van der Waals surface area contributed by atoms with E-state index in [9.17, 15) is 0 Å². The molecule has 0 amide bonds. The number of nitrogens with one attached hydrogen (secondary N) is 2. The number of fused-ring (bicyclic) bond motifs is 1. The third-order valence-corrected chi connectivity index (χ3v) is 3.51. The molecule has 0 bridgehead atoms. The van der Waals surface area contributed by atoms with Gasteiger partial charge in [0.15, 0.2) is 0 Å². The second-order valence-corrected chi connectivity index (χ2v) is 4.72. The van der Waals surface area contributed by atoms with Crippen molar-refractivity contribution >= 4 is 22.7 Å². The zero-order valence-corrected chi connectivity index (χ0v) is 11.4. The molecule has 4 nitrogen and oxygen atoms in total. The Labute approximate surface area is 118 Å². The van der Waals surface area contributed by atoms with Crippen LogP contribution in [0, 0.1) is 11.3 Å². The molecule has 1 aliphatic heterocycles. The van der Waals surface area contributed by atoms with Crippen molar-refractivity contribution in [2.24, 2.45) is 0 Å². The van der Waals surface area contributed by atoms with Gasteiger partial charge in [0.2, 0.25) is 0 Å². The molecular weight excluding hydrogens is 248 g/mol. The van der Waals surface area contributed by atoms with Crippen LogP contribution in [-0.2, 0) is 0 Å². The average molecular weight is 264 g/mol. The van der Waals surface area contributed by atoms with Crippen LogP contribution in [0.3, 0.4) is 0 Å². The van der Waals surface area contributed by atoms with Gasteiger partial charge in [-0.1, -0.05) is 6.07 Å². The Morgan fingerprint density at radius 1 is 1.25 bits per heavy atom. The van der Waals surface area contributed by atoms with E-state index in [-0.39, 0.29) is 0 Å². The summed E-state index contributed by atoms with van der Waals surface area (Å²) in [6.07, 6.45) is 0. The van der Waals surface area contributed by atoms with Gasteiger partial charge in [0.1, 0.15) is 0 Å². The molecule has 0 spiro atoms. The number of nitriles is 1. The SMILES string of the molecule is CNc1cccc(N2CCNc3ccc(C#N)cc32)c1. The molecule has 100 valence electrons. The first kappa shape index (κ1) is 12.4. The first-order valence-corrected chi connectivity index (χ1v) is 6.65. The highest BCUT2D eigenvalue weighted by molar-refractivity contribution is 5.80. The molecule has 4 heteroatoms. The van der Waals surface area contributed by atoms with E-state index in [4.69, 9.17) is 5.26 Å². The molecule has 1 heterocycles. The van der Waals surface area contributed by atoms with Crippen LogP contribution in [0.1, 0.15) is 5.56 Å². The van der Waals surface area contributed by atoms with Crippen LogP contribution in [0.15, 0.2) is 42.5 Å². The molecular formula is C16H16N4. The quantitative estimate of drug-likeness (QED) is 0.874. The Balaban J connectivity index is 2.06. The highest BCUT2D eigenvalue weighted by Gasteiger charge is 2.18. The van der Waals surface area contributed by atoms with Gasteiger partial charge in [-0.15, -0.1) is 0 Å². The number of hydrogen-bond donors (Lipinski definition) is 2. The first-order valence-electron chi connectivity index (χ1n) is 6.65. The van der Waals surface area contributed by atoms with E-state index in [2.05, 4.69) is 33.7 Å². The van der Waals surface area contributed by atoms with Crippen LogP contribution >= 0.6 is 0 Å². The highest BCUT2D eigenvalue weighted by atomic mass is 15.2. The summed E-state index contributed by atoms with van der Waals surface area (Å²) in [7, 11) is 1.92. The Hall–Kier alpha value is -2.67. The van der Waals surface area contributed by atoms with Crippen molar-refractivity contribution in [1.29, 1.82) is 5.26 Å². The molecule has 0 saturated carbocycles. The van der Waals surface area contributed by atoms with Crippen molar-refractivity contribution < 1.29 is 0 Å². The summed E-state index contributed by atoms with van der Waals surface area (Å²) in [5, 5.41) is 15.6. The summed E-state index contributed by atoms with van der Waals surface area (Å²) in [5.41, 5.74) is 5.03.